The first-order valence-corrected chi connectivity index (χ1v) is 13.2. The number of rotatable bonds is 7. The van der Waals surface area contributed by atoms with Crippen LogP contribution in [-0.4, -0.2) is 42.6 Å². The fourth-order valence-electron chi connectivity index (χ4n) is 4.76. The molecule has 1 unspecified atom stereocenters. The molecule has 1 aromatic heterocycles. The zero-order chi connectivity index (χ0) is 27.8. The molecule has 4 aromatic rings. The molecular formula is C30H28N2O6S. The normalized spacial score (nSPS) is 16.6. The second-order valence-electron chi connectivity index (χ2n) is 9.16. The van der Waals surface area contributed by atoms with Crippen molar-refractivity contribution in [3.8, 4) is 17.2 Å². The molecule has 9 heteroatoms. The van der Waals surface area contributed by atoms with Gasteiger partial charge in [0.15, 0.2) is 16.6 Å². The molecule has 1 aliphatic rings. The highest BCUT2D eigenvalue weighted by Crippen LogP contribution is 2.46. The number of methoxy groups -OCH3 is 2. The van der Waals surface area contributed by atoms with Gasteiger partial charge in [0.05, 0.1) is 42.7 Å². The predicted octanol–water partition coefficient (Wildman–Crippen LogP) is 5.96. The smallest absolute Gasteiger partial charge is 0.301 e. The van der Waals surface area contributed by atoms with E-state index in [0.29, 0.717) is 45.6 Å². The number of carbonyl (C=O) groups is 2. The van der Waals surface area contributed by atoms with Gasteiger partial charge in [-0.05, 0) is 68.3 Å². The lowest BCUT2D eigenvalue weighted by Gasteiger charge is -2.24. The van der Waals surface area contributed by atoms with Crippen molar-refractivity contribution in [2.45, 2.75) is 26.8 Å². The Balaban J connectivity index is 1.74. The van der Waals surface area contributed by atoms with E-state index >= 15 is 0 Å². The number of carbonyl (C=O) groups excluding carboxylic acids is 2. The van der Waals surface area contributed by atoms with E-state index in [4.69, 9.17) is 14.2 Å². The van der Waals surface area contributed by atoms with Crippen LogP contribution in [0, 0.1) is 13.8 Å². The van der Waals surface area contributed by atoms with Crippen molar-refractivity contribution in [3.63, 3.8) is 0 Å². The predicted molar refractivity (Wildman–Crippen MR) is 151 cm³/mol. The SMILES string of the molecule is CCOc1ccc2nc(N3C(=O)C(=O)/C(=C(/O)c4cc(C)ccc4C)C3c3ccc(OC)c(OC)c3)sc2c1. The number of aryl methyl sites for hydroxylation is 2. The van der Waals surface area contributed by atoms with Crippen LogP contribution in [0.25, 0.3) is 16.0 Å². The summed E-state index contributed by atoms with van der Waals surface area (Å²) in [6.07, 6.45) is 0. The van der Waals surface area contributed by atoms with Gasteiger partial charge < -0.3 is 19.3 Å². The Morgan fingerprint density at radius 2 is 1.77 bits per heavy atom. The van der Waals surface area contributed by atoms with E-state index < -0.39 is 17.7 Å². The first-order chi connectivity index (χ1) is 18.8. The third-order valence-corrected chi connectivity index (χ3v) is 7.70. The van der Waals surface area contributed by atoms with Crippen LogP contribution in [0.1, 0.15) is 35.2 Å². The van der Waals surface area contributed by atoms with E-state index in [2.05, 4.69) is 4.98 Å². The Bertz CT molecular complexity index is 1640. The number of aliphatic hydroxyl groups excluding tert-OH is 1. The van der Waals surface area contributed by atoms with Gasteiger partial charge in [-0.2, -0.15) is 0 Å². The van der Waals surface area contributed by atoms with Gasteiger partial charge >= 0.3 is 5.91 Å². The van der Waals surface area contributed by atoms with Crippen molar-refractivity contribution in [2.75, 3.05) is 25.7 Å². The summed E-state index contributed by atoms with van der Waals surface area (Å²) >= 11 is 1.27. The van der Waals surface area contributed by atoms with Gasteiger partial charge in [-0.3, -0.25) is 14.5 Å². The summed E-state index contributed by atoms with van der Waals surface area (Å²) in [5.41, 5.74) is 3.39. The van der Waals surface area contributed by atoms with Gasteiger partial charge in [0.25, 0.3) is 5.78 Å². The number of hydrogen-bond donors (Lipinski definition) is 1. The molecule has 0 aliphatic carbocycles. The van der Waals surface area contributed by atoms with E-state index in [-0.39, 0.29) is 11.3 Å². The summed E-state index contributed by atoms with van der Waals surface area (Å²) in [4.78, 5) is 33.3. The van der Waals surface area contributed by atoms with Gasteiger partial charge in [-0.15, -0.1) is 0 Å². The lowest BCUT2D eigenvalue weighted by molar-refractivity contribution is -0.132. The van der Waals surface area contributed by atoms with Gasteiger partial charge in [0, 0.05) is 5.56 Å². The fraction of sp³-hybridized carbons (Fsp3) is 0.233. The molecule has 1 N–H and O–H groups in total. The van der Waals surface area contributed by atoms with Crippen LogP contribution in [-0.2, 0) is 9.59 Å². The van der Waals surface area contributed by atoms with Crippen molar-refractivity contribution in [1.29, 1.82) is 0 Å². The zero-order valence-corrected chi connectivity index (χ0v) is 23.1. The largest absolute Gasteiger partial charge is 0.507 e. The van der Waals surface area contributed by atoms with Crippen molar-refractivity contribution >= 4 is 44.1 Å². The molecular weight excluding hydrogens is 516 g/mol. The number of hydrogen-bond acceptors (Lipinski definition) is 8. The number of anilines is 1. The molecule has 1 saturated heterocycles. The number of amides is 1. The number of fused-ring (bicyclic) bond motifs is 1. The maximum Gasteiger partial charge on any atom is 0.301 e. The van der Waals surface area contributed by atoms with Crippen LogP contribution in [0.4, 0.5) is 5.13 Å². The van der Waals surface area contributed by atoms with Crippen molar-refractivity contribution in [2.24, 2.45) is 0 Å². The fourth-order valence-corrected chi connectivity index (χ4v) is 5.78. The topological polar surface area (TPSA) is 98.2 Å². The molecule has 0 spiro atoms. The van der Waals surface area contributed by atoms with Gasteiger partial charge in [-0.1, -0.05) is 35.1 Å². The van der Waals surface area contributed by atoms with E-state index in [9.17, 15) is 14.7 Å². The Morgan fingerprint density at radius 3 is 2.49 bits per heavy atom. The first kappa shape index (κ1) is 26.2. The summed E-state index contributed by atoms with van der Waals surface area (Å²) in [5.74, 6) is -0.187. The average Bonchev–Trinajstić information content (AvgIpc) is 3.47. The van der Waals surface area contributed by atoms with Crippen molar-refractivity contribution < 1.29 is 28.9 Å². The first-order valence-electron chi connectivity index (χ1n) is 12.4. The third kappa shape index (κ3) is 4.59. The Labute approximate surface area is 230 Å². The van der Waals surface area contributed by atoms with E-state index in [0.717, 1.165) is 15.8 Å². The summed E-state index contributed by atoms with van der Waals surface area (Å²) in [6, 6.07) is 15.3. The molecule has 1 amide bonds. The highest BCUT2D eigenvalue weighted by atomic mass is 32.1. The van der Waals surface area contributed by atoms with Gasteiger partial charge in [0.1, 0.15) is 11.5 Å². The van der Waals surface area contributed by atoms with Crippen LogP contribution in [0.5, 0.6) is 17.2 Å². The van der Waals surface area contributed by atoms with Gasteiger partial charge in [-0.25, -0.2) is 4.98 Å². The second kappa shape index (κ2) is 10.4. The summed E-state index contributed by atoms with van der Waals surface area (Å²) in [6.45, 7) is 6.17. The number of ether oxygens (including phenoxy) is 3. The minimum atomic E-state index is -0.948. The minimum absolute atomic E-state index is 0.0184. The average molecular weight is 545 g/mol. The highest BCUT2D eigenvalue weighted by molar-refractivity contribution is 7.22. The number of nitrogens with zero attached hydrogens (tertiary/aromatic N) is 2. The Hall–Kier alpha value is -4.37. The maximum absolute atomic E-state index is 13.6. The van der Waals surface area contributed by atoms with Crippen LogP contribution in [0.3, 0.4) is 0 Å². The molecule has 5 rings (SSSR count). The molecule has 0 bridgehead atoms. The van der Waals surface area contributed by atoms with E-state index in [1.165, 1.54) is 30.5 Å². The molecule has 2 heterocycles. The molecule has 39 heavy (non-hydrogen) atoms. The third-order valence-electron chi connectivity index (χ3n) is 6.68. The molecule has 3 aromatic carbocycles. The lowest BCUT2D eigenvalue weighted by Crippen LogP contribution is -2.29. The molecule has 1 aliphatic heterocycles. The van der Waals surface area contributed by atoms with Crippen LogP contribution >= 0.6 is 11.3 Å². The highest BCUT2D eigenvalue weighted by Gasteiger charge is 2.48. The standard InChI is InChI=1S/C30H28N2O6S/c1-6-38-19-10-11-21-24(15-19)39-30(31-21)32-26(18-9-12-22(36-4)23(14-18)37-5)25(28(34)29(32)35)27(33)20-13-16(2)7-8-17(20)3/h7-15,26,33H,6H2,1-5H3/b27-25+. The number of benzene rings is 3. The quantitative estimate of drug-likeness (QED) is 0.174. The second-order valence-corrected chi connectivity index (χ2v) is 10.2. The van der Waals surface area contributed by atoms with Gasteiger partial charge in [0.2, 0.25) is 0 Å². The molecule has 1 atom stereocenters. The summed E-state index contributed by atoms with van der Waals surface area (Å²) in [7, 11) is 3.04. The van der Waals surface area contributed by atoms with Crippen LogP contribution in [0.15, 0.2) is 60.2 Å². The number of Topliss-reactive ketones (excluding diaryl/α,β-unsaturated/α-hetero) is 1. The number of aliphatic hydroxyl groups is 1. The summed E-state index contributed by atoms with van der Waals surface area (Å²) < 4.78 is 17.3. The van der Waals surface area contributed by atoms with Crippen molar-refractivity contribution in [1.82, 2.24) is 4.98 Å². The minimum Gasteiger partial charge on any atom is -0.507 e. The molecule has 200 valence electrons. The molecule has 0 saturated carbocycles. The maximum atomic E-state index is 13.6. The lowest BCUT2D eigenvalue weighted by atomic mass is 9.93. The van der Waals surface area contributed by atoms with Crippen molar-refractivity contribution in [3.05, 3.63) is 82.4 Å². The Morgan fingerprint density at radius 1 is 1.00 bits per heavy atom. The zero-order valence-electron chi connectivity index (χ0n) is 22.3. The van der Waals surface area contributed by atoms with E-state index in [1.54, 1.807) is 24.3 Å². The van der Waals surface area contributed by atoms with E-state index in [1.807, 2.05) is 51.1 Å². The number of ketones is 1. The Kier molecular flexibility index (Phi) is 7.01. The van der Waals surface area contributed by atoms with Crippen LogP contribution in [0.2, 0.25) is 0 Å². The van der Waals surface area contributed by atoms with Crippen LogP contribution < -0.4 is 19.1 Å². The molecule has 1 fully saturated rings. The molecule has 8 nitrogen and oxygen atoms in total. The number of thiazole rings is 1. The monoisotopic (exact) mass is 544 g/mol. The summed E-state index contributed by atoms with van der Waals surface area (Å²) in [5, 5.41) is 11.9. The number of aromatic nitrogens is 1. The molecule has 0 radical (unpaired) electrons.